The molecule has 6 heteroatoms. The predicted octanol–water partition coefficient (Wildman–Crippen LogP) is 3.37. The van der Waals surface area contributed by atoms with Gasteiger partial charge in [-0.1, -0.05) is 42.5 Å². The fourth-order valence-electron chi connectivity index (χ4n) is 2.86. The van der Waals surface area contributed by atoms with Crippen molar-refractivity contribution in [1.82, 2.24) is 20.0 Å². The van der Waals surface area contributed by atoms with E-state index in [0.717, 1.165) is 22.2 Å². The molecule has 2 aromatic heterocycles. The van der Waals surface area contributed by atoms with Crippen LogP contribution in [0.25, 0.3) is 10.9 Å². The van der Waals surface area contributed by atoms with Gasteiger partial charge < -0.3 is 5.32 Å². The molecular weight excluding hydrogens is 314 g/mol. The summed E-state index contributed by atoms with van der Waals surface area (Å²) in [6.45, 7) is 2.51. The van der Waals surface area contributed by atoms with Gasteiger partial charge in [-0.15, -0.1) is 0 Å². The minimum atomic E-state index is -0.191. The predicted molar refractivity (Wildman–Crippen MR) is 96.6 cm³/mol. The van der Waals surface area contributed by atoms with Gasteiger partial charge in [0, 0.05) is 11.5 Å². The highest BCUT2D eigenvalue weighted by Crippen LogP contribution is 2.19. The van der Waals surface area contributed by atoms with Crippen LogP contribution < -0.4 is 5.32 Å². The average Bonchev–Trinajstić information content (AvgIpc) is 3.22. The number of carbonyl (C=O) groups excluding carboxylic acids is 1. The Morgan fingerprint density at radius 2 is 2.00 bits per heavy atom. The van der Waals surface area contributed by atoms with Crippen molar-refractivity contribution in [3.8, 4) is 0 Å². The molecule has 1 amide bonds. The lowest BCUT2D eigenvalue weighted by atomic mass is 10.1. The van der Waals surface area contributed by atoms with E-state index in [-0.39, 0.29) is 5.91 Å². The Bertz CT molecular complexity index is 1030. The van der Waals surface area contributed by atoms with E-state index in [1.807, 2.05) is 55.5 Å². The number of nitrogens with one attached hydrogen (secondary N) is 2. The Hall–Kier alpha value is -3.41. The number of fused-ring (bicyclic) bond motifs is 1. The molecule has 25 heavy (non-hydrogen) atoms. The summed E-state index contributed by atoms with van der Waals surface area (Å²) in [5.74, 6) is 0.479. The Morgan fingerprint density at radius 1 is 1.16 bits per heavy atom. The van der Waals surface area contributed by atoms with E-state index in [2.05, 4.69) is 20.6 Å². The maximum absolute atomic E-state index is 12.7. The summed E-state index contributed by atoms with van der Waals surface area (Å²) in [5, 5.41) is 15.2. The highest BCUT2D eigenvalue weighted by atomic mass is 16.1. The first-order valence-corrected chi connectivity index (χ1v) is 8.02. The molecule has 0 fully saturated rings. The first-order valence-electron chi connectivity index (χ1n) is 8.02. The van der Waals surface area contributed by atoms with Crippen LogP contribution in [0.4, 0.5) is 5.82 Å². The summed E-state index contributed by atoms with van der Waals surface area (Å²) in [5.41, 5.74) is 3.26. The Kier molecular flexibility index (Phi) is 3.78. The van der Waals surface area contributed by atoms with Crippen LogP contribution in [-0.4, -0.2) is 25.9 Å². The van der Waals surface area contributed by atoms with Gasteiger partial charge in [-0.2, -0.15) is 10.2 Å². The lowest BCUT2D eigenvalue weighted by molar-refractivity contribution is 0.102. The minimum Gasteiger partial charge on any atom is -0.307 e. The molecule has 0 saturated carbocycles. The number of benzene rings is 2. The van der Waals surface area contributed by atoms with Gasteiger partial charge in [0.05, 0.1) is 29.5 Å². The monoisotopic (exact) mass is 331 g/mol. The number of anilines is 1. The van der Waals surface area contributed by atoms with Gasteiger partial charge in [0.2, 0.25) is 0 Å². The number of amides is 1. The normalized spacial score (nSPS) is 10.9. The van der Waals surface area contributed by atoms with Crippen LogP contribution in [0.15, 0.2) is 60.8 Å². The van der Waals surface area contributed by atoms with Crippen LogP contribution in [0.3, 0.4) is 0 Å². The molecule has 4 aromatic rings. The Labute approximate surface area is 144 Å². The first-order chi connectivity index (χ1) is 12.2. The summed E-state index contributed by atoms with van der Waals surface area (Å²) in [7, 11) is 0. The number of nitrogens with zero attached hydrogens (tertiary/aromatic N) is 3. The fraction of sp³-hybridized carbons (Fsp3) is 0.105. The summed E-state index contributed by atoms with van der Waals surface area (Å²) >= 11 is 0. The van der Waals surface area contributed by atoms with Crippen LogP contribution in [0, 0.1) is 6.92 Å². The summed E-state index contributed by atoms with van der Waals surface area (Å²) < 4.78 is 1.80. The van der Waals surface area contributed by atoms with Gasteiger partial charge in [0.25, 0.3) is 5.91 Å². The van der Waals surface area contributed by atoms with Gasteiger partial charge >= 0.3 is 0 Å². The molecule has 0 aliphatic rings. The number of carbonyl (C=O) groups is 1. The maximum Gasteiger partial charge on any atom is 0.258 e. The molecule has 124 valence electrons. The van der Waals surface area contributed by atoms with Crippen LogP contribution >= 0.6 is 0 Å². The second-order valence-electron chi connectivity index (χ2n) is 5.91. The van der Waals surface area contributed by atoms with E-state index >= 15 is 0 Å². The maximum atomic E-state index is 12.7. The molecule has 6 nitrogen and oxygen atoms in total. The molecular formula is C19H17N5O. The molecule has 0 radical (unpaired) electrons. The van der Waals surface area contributed by atoms with Crippen molar-refractivity contribution in [2.75, 3.05) is 5.32 Å². The van der Waals surface area contributed by atoms with Gasteiger partial charge in [0.15, 0.2) is 0 Å². The van der Waals surface area contributed by atoms with E-state index < -0.39 is 0 Å². The third-order valence-corrected chi connectivity index (χ3v) is 4.04. The number of hydrogen-bond donors (Lipinski definition) is 2. The molecule has 2 heterocycles. The van der Waals surface area contributed by atoms with E-state index in [4.69, 9.17) is 0 Å². The largest absolute Gasteiger partial charge is 0.307 e. The Balaban J connectivity index is 1.62. The summed E-state index contributed by atoms with van der Waals surface area (Å²) in [6.07, 6.45) is 1.70. The van der Waals surface area contributed by atoms with Crippen LogP contribution in [0.1, 0.15) is 21.6 Å². The van der Waals surface area contributed by atoms with Crippen LogP contribution in [0.5, 0.6) is 0 Å². The molecule has 0 aliphatic heterocycles. The molecule has 0 unspecified atom stereocenters. The van der Waals surface area contributed by atoms with Crippen LogP contribution in [-0.2, 0) is 6.54 Å². The van der Waals surface area contributed by atoms with Crippen LogP contribution in [0.2, 0.25) is 0 Å². The fourth-order valence-corrected chi connectivity index (χ4v) is 2.86. The quantitative estimate of drug-likeness (QED) is 0.602. The summed E-state index contributed by atoms with van der Waals surface area (Å²) in [6, 6.07) is 17.4. The van der Waals surface area contributed by atoms with Crippen molar-refractivity contribution in [2.45, 2.75) is 13.5 Å². The van der Waals surface area contributed by atoms with Gasteiger partial charge in [0.1, 0.15) is 5.82 Å². The van der Waals surface area contributed by atoms with Crippen molar-refractivity contribution in [3.05, 3.63) is 77.6 Å². The molecule has 0 atom stereocenters. The van der Waals surface area contributed by atoms with Crippen molar-refractivity contribution in [1.29, 1.82) is 0 Å². The number of aromatic nitrogens is 4. The van der Waals surface area contributed by atoms with E-state index in [9.17, 15) is 4.79 Å². The van der Waals surface area contributed by atoms with Crippen molar-refractivity contribution in [2.24, 2.45) is 0 Å². The standard InChI is InChI=1S/C19H17N5O/c1-13-10-17(24(23-13)12-14-6-3-2-4-7-14)21-19(25)16-9-5-8-15-11-20-22-18(15)16/h2-11H,12H2,1H3,(H,20,22)(H,21,25). The van der Waals surface area contributed by atoms with Crippen molar-refractivity contribution >= 4 is 22.6 Å². The number of rotatable bonds is 4. The van der Waals surface area contributed by atoms with Crippen molar-refractivity contribution < 1.29 is 4.79 Å². The van der Waals surface area contributed by atoms with E-state index in [0.29, 0.717) is 17.9 Å². The van der Waals surface area contributed by atoms with Gasteiger partial charge in [-0.05, 0) is 18.6 Å². The lowest BCUT2D eigenvalue weighted by Gasteiger charge is -2.09. The first kappa shape index (κ1) is 15.1. The SMILES string of the molecule is Cc1cc(NC(=O)c2cccc3cn[nH]c23)n(Cc2ccccc2)n1. The van der Waals surface area contributed by atoms with Gasteiger partial charge in [-0.3, -0.25) is 9.89 Å². The number of hydrogen-bond acceptors (Lipinski definition) is 3. The highest BCUT2D eigenvalue weighted by molar-refractivity contribution is 6.11. The third kappa shape index (κ3) is 3.01. The molecule has 0 spiro atoms. The topological polar surface area (TPSA) is 75.6 Å². The zero-order valence-corrected chi connectivity index (χ0v) is 13.7. The number of para-hydroxylation sites is 1. The molecule has 2 aromatic carbocycles. The summed E-state index contributed by atoms with van der Waals surface area (Å²) in [4.78, 5) is 12.7. The highest BCUT2D eigenvalue weighted by Gasteiger charge is 2.14. The minimum absolute atomic E-state index is 0.191. The molecule has 0 bridgehead atoms. The number of H-pyrrole nitrogens is 1. The smallest absolute Gasteiger partial charge is 0.258 e. The van der Waals surface area contributed by atoms with Crippen molar-refractivity contribution in [3.63, 3.8) is 0 Å². The lowest BCUT2D eigenvalue weighted by Crippen LogP contribution is -2.16. The van der Waals surface area contributed by atoms with E-state index in [1.54, 1.807) is 16.9 Å². The Morgan fingerprint density at radius 3 is 2.84 bits per heavy atom. The molecule has 0 aliphatic carbocycles. The zero-order valence-electron chi connectivity index (χ0n) is 13.7. The molecule has 2 N–H and O–H groups in total. The number of aryl methyl sites for hydroxylation is 1. The second kappa shape index (κ2) is 6.24. The number of aromatic amines is 1. The molecule has 4 rings (SSSR count). The third-order valence-electron chi connectivity index (χ3n) is 4.04. The zero-order chi connectivity index (χ0) is 17.2. The van der Waals surface area contributed by atoms with E-state index in [1.165, 1.54) is 0 Å². The second-order valence-corrected chi connectivity index (χ2v) is 5.91. The van der Waals surface area contributed by atoms with Gasteiger partial charge in [-0.25, -0.2) is 4.68 Å². The molecule has 0 saturated heterocycles. The average molecular weight is 331 g/mol.